The zero-order chi connectivity index (χ0) is 14.1. The van der Waals surface area contributed by atoms with Crippen molar-refractivity contribution in [3.63, 3.8) is 0 Å². The smallest absolute Gasteiger partial charge is 0.258 e. The SMILES string of the molecule is Bc1cc(C(=O)N2CCCc3cnccc32)ccc1O. The minimum atomic E-state index is -0.0275. The van der Waals surface area contributed by atoms with E-state index >= 15 is 0 Å². The summed E-state index contributed by atoms with van der Waals surface area (Å²) in [5.41, 5.74) is 3.37. The summed E-state index contributed by atoms with van der Waals surface area (Å²) in [5, 5.41) is 9.56. The Morgan fingerprint density at radius 3 is 3.00 bits per heavy atom. The lowest BCUT2D eigenvalue weighted by molar-refractivity contribution is 0.0985. The molecule has 0 unspecified atom stereocenters. The number of phenolic OH excluding ortho intramolecular Hbond substituents is 1. The number of aromatic nitrogens is 1. The molecular formula is C15H15BN2O2. The zero-order valence-corrected chi connectivity index (χ0v) is 11.3. The number of pyridine rings is 1. The molecule has 100 valence electrons. The molecule has 1 aromatic heterocycles. The van der Waals surface area contributed by atoms with Gasteiger partial charge in [0.2, 0.25) is 0 Å². The predicted octanol–water partition coefficient (Wildman–Crippen LogP) is 0.639. The topological polar surface area (TPSA) is 53.4 Å². The van der Waals surface area contributed by atoms with Gasteiger partial charge in [-0.25, -0.2) is 0 Å². The van der Waals surface area contributed by atoms with Gasteiger partial charge in [0, 0.05) is 24.5 Å². The van der Waals surface area contributed by atoms with Crippen LogP contribution in [-0.2, 0) is 6.42 Å². The Morgan fingerprint density at radius 2 is 2.20 bits per heavy atom. The lowest BCUT2D eigenvalue weighted by atomic mass is 9.92. The van der Waals surface area contributed by atoms with E-state index in [0.29, 0.717) is 11.0 Å². The van der Waals surface area contributed by atoms with Gasteiger partial charge in [-0.15, -0.1) is 0 Å². The number of nitrogens with zero attached hydrogens (tertiary/aromatic N) is 2. The Bertz CT molecular complexity index is 673. The van der Waals surface area contributed by atoms with Gasteiger partial charge in [-0.1, -0.05) is 6.07 Å². The van der Waals surface area contributed by atoms with E-state index in [1.807, 2.05) is 12.3 Å². The van der Waals surface area contributed by atoms with E-state index in [1.54, 1.807) is 37.1 Å². The number of benzene rings is 1. The zero-order valence-electron chi connectivity index (χ0n) is 11.3. The van der Waals surface area contributed by atoms with E-state index in [2.05, 4.69) is 4.98 Å². The molecule has 0 saturated heterocycles. The third-order valence-electron chi connectivity index (χ3n) is 3.69. The highest BCUT2D eigenvalue weighted by Gasteiger charge is 2.23. The maximum atomic E-state index is 12.6. The van der Waals surface area contributed by atoms with Gasteiger partial charge in [-0.05, 0) is 42.1 Å². The highest BCUT2D eigenvalue weighted by molar-refractivity contribution is 6.34. The largest absolute Gasteiger partial charge is 0.509 e. The van der Waals surface area contributed by atoms with Crippen molar-refractivity contribution in [3.8, 4) is 5.75 Å². The minimum absolute atomic E-state index is 0.0275. The lowest BCUT2D eigenvalue weighted by Gasteiger charge is -2.29. The van der Waals surface area contributed by atoms with Gasteiger partial charge in [0.25, 0.3) is 5.91 Å². The maximum Gasteiger partial charge on any atom is 0.258 e. The van der Waals surface area contributed by atoms with Crippen molar-refractivity contribution in [1.29, 1.82) is 0 Å². The molecule has 0 bridgehead atoms. The molecule has 0 spiro atoms. The Hall–Kier alpha value is -2.30. The number of aryl methyl sites for hydroxylation is 1. The molecule has 1 aliphatic heterocycles. The first kappa shape index (κ1) is 12.7. The fourth-order valence-electron chi connectivity index (χ4n) is 2.58. The van der Waals surface area contributed by atoms with Crippen molar-refractivity contribution >= 4 is 24.9 Å². The van der Waals surface area contributed by atoms with E-state index in [4.69, 9.17) is 0 Å². The van der Waals surface area contributed by atoms with Crippen molar-refractivity contribution in [3.05, 3.63) is 47.8 Å². The molecule has 1 aromatic carbocycles. The summed E-state index contributed by atoms with van der Waals surface area (Å²) in [7, 11) is 1.79. The summed E-state index contributed by atoms with van der Waals surface area (Å²) in [6.45, 7) is 0.718. The van der Waals surface area contributed by atoms with Crippen molar-refractivity contribution in [2.75, 3.05) is 11.4 Å². The van der Waals surface area contributed by atoms with Gasteiger partial charge in [0.15, 0.2) is 0 Å². The standard InChI is InChI=1S/C15H15BN2O2/c16-12-8-10(3-4-14(12)19)15(20)18-7-1-2-11-9-17-6-5-13(11)18/h3-6,8-9,19H,1-2,7,16H2. The predicted molar refractivity (Wildman–Crippen MR) is 80.5 cm³/mol. The average Bonchev–Trinajstić information content (AvgIpc) is 2.49. The lowest BCUT2D eigenvalue weighted by Crippen LogP contribution is -2.35. The van der Waals surface area contributed by atoms with Crippen LogP contribution in [0, 0.1) is 0 Å². The van der Waals surface area contributed by atoms with Crippen LogP contribution in [0.3, 0.4) is 0 Å². The first-order valence-electron chi connectivity index (χ1n) is 6.71. The maximum absolute atomic E-state index is 12.6. The van der Waals surface area contributed by atoms with Crippen molar-refractivity contribution in [2.45, 2.75) is 12.8 Å². The highest BCUT2D eigenvalue weighted by Crippen LogP contribution is 2.27. The summed E-state index contributed by atoms with van der Waals surface area (Å²) in [4.78, 5) is 18.6. The molecule has 3 rings (SSSR count). The molecule has 0 radical (unpaired) electrons. The highest BCUT2D eigenvalue weighted by atomic mass is 16.3. The van der Waals surface area contributed by atoms with E-state index in [-0.39, 0.29) is 11.7 Å². The van der Waals surface area contributed by atoms with E-state index in [1.165, 1.54) is 0 Å². The summed E-state index contributed by atoms with van der Waals surface area (Å²) < 4.78 is 0. The number of hydrogen-bond acceptors (Lipinski definition) is 3. The molecule has 0 fully saturated rings. The second kappa shape index (κ2) is 5.00. The van der Waals surface area contributed by atoms with Gasteiger partial charge < -0.3 is 10.0 Å². The number of aromatic hydroxyl groups is 1. The molecule has 2 heterocycles. The molecular weight excluding hydrogens is 251 g/mol. The molecule has 1 amide bonds. The second-order valence-corrected chi connectivity index (χ2v) is 5.07. The number of fused-ring (bicyclic) bond motifs is 1. The minimum Gasteiger partial charge on any atom is -0.509 e. The summed E-state index contributed by atoms with van der Waals surface area (Å²) in [6, 6.07) is 6.85. The second-order valence-electron chi connectivity index (χ2n) is 5.07. The molecule has 4 nitrogen and oxygen atoms in total. The van der Waals surface area contributed by atoms with E-state index in [9.17, 15) is 9.90 Å². The average molecular weight is 266 g/mol. The van der Waals surface area contributed by atoms with E-state index in [0.717, 1.165) is 30.6 Å². The molecule has 2 aromatic rings. The number of carbonyl (C=O) groups excluding carboxylic acids is 1. The van der Waals surface area contributed by atoms with Gasteiger partial charge in [-0.2, -0.15) is 0 Å². The van der Waals surface area contributed by atoms with Crippen LogP contribution in [0.5, 0.6) is 5.75 Å². The van der Waals surface area contributed by atoms with Gasteiger partial charge >= 0.3 is 0 Å². The number of anilines is 1. The van der Waals surface area contributed by atoms with Crippen LogP contribution >= 0.6 is 0 Å². The third kappa shape index (κ3) is 2.15. The van der Waals surface area contributed by atoms with Crippen LogP contribution in [-0.4, -0.2) is 30.4 Å². The normalized spacial score (nSPS) is 13.9. The molecule has 0 saturated carbocycles. The summed E-state index contributed by atoms with van der Waals surface area (Å²) in [6.07, 6.45) is 5.45. The van der Waals surface area contributed by atoms with Crippen LogP contribution in [0.1, 0.15) is 22.3 Å². The quantitative estimate of drug-likeness (QED) is 0.770. The number of amides is 1. The van der Waals surface area contributed by atoms with Crippen LogP contribution in [0.25, 0.3) is 0 Å². The summed E-state index contributed by atoms with van der Waals surface area (Å²) >= 11 is 0. The fraction of sp³-hybridized carbons (Fsp3) is 0.200. The van der Waals surface area contributed by atoms with Crippen LogP contribution in [0.2, 0.25) is 0 Å². The number of rotatable bonds is 1. The fourth-order valence-corrected chi connectivity index (χ4v) is 2.58. The Balaban J connectivity index is 1.97. The van der Waals surface area contributed by atoms with Crippen LogP contribution < -0.4 is 10.4 Å². The number of hydrogen-bond donors (Lipinski definition) is 1. The molecule has 0 atom stereocenters. The summed E-state index contributed by atoms with van der Waals surface area (Å²) in [5.74, 6) is 0.185. The number of phenols is 1. The number of carbonyl (C=O) groups is 1. The van der Waals surface area contributed by atoms with Crippen LogP contribution in [0.4, 0.5) is 5.69 Å². The van der Waals surface area contributed by atoms with Crippen molar-refractivity contribution in [2.24, 2.45) is 0 Å². The van der Waals surface area contributed by atoms with E-state index < -0.39 is 0 Å². The Morgan fingerprint density at radius 1 is 1.35 bits per heavy atom. The van der Waals surface area contributed by atoms with Gasteiger partial charge in [0.1, 0.15) is 13.6 Å². The molecule has 0 aliphatic carbocycles. The molecule has 20 heavy (non-hydrogen) atoms. The monoisotopic (exact) mass is 266 g/mol. The van der Waals surface area contributed by atoms with Crippen molar-refractivity contribution in [1.82, 2.24) is 4.98 Å². The third-order valence-corrected chi connectivity index (χ3v) is 3.69. The van der Waals surface area contributed by atoms with Gasteiger partial charge in [0.05, 0.1) is 5.69 Å². The Labute approximate surface area is 118 Å². The first-order valence-corrected chi connectivity index (χ1v) is 6.71. The van der Waals surface area contributed by atoms with Crippen molar-refractivity contribution < 1.29 is 9.90 Å². The van der Waals surface area contributed by atoms with Gasteiger partial charge in [-0.3, -0.25) is 9.78 Å². The first-order chi connectivity index (χ1) is 9.66. The molecule has 1 N–H and O–H groups in total. The Kier molecular flexibility index (Phi) is 3.18. The molecule has 5 heteroatoms. The van der Waals surface area contributed by atoms with Crippen LogP contribution in [0.15, 0.2) is 36.7 Å². The molecule has 1 aliphatic rings.